The molecule has 27 heavy (non-hydrogen) atoms. The fourth-order valence-electron chi connectivity index (χ4n) is 2.66. The number of hydrogen-bond acceptors (Lipinski definition) is 5. The van der Waals surface area contributed by atoms with Crippen LogP contribution in [0.3, 0.4) is 0 Å². The minimum Gasteiger partial charge on any atom is -0.380 e. The highest BCUT2D eigenvalue weighted by atomic mass is 35.5. The minimum absolute atomic E-state index is 0.200. The maximum absolute atomic E-state index is 11.2. The Bertz CT molecular complexity index is 841. The first-order valence-corrected chi connectivity index (χ1v) is 10.1. The second kappa shape index (κ2) is 9.48. The van der Waals surface area contributed by atoms with Crippen LogP contribution in [0, 0.1) is 0 Å². The quantitative estimate of drug-likeness (QED) is 0.659. The number of nitrogens with two attached hydrogens (primary N) is 1. The van der Waals surface area contributed by atoms with Crippen LogP contribution in [0.4, 0.5) is 5.82 Å². The normalized spacial score (nSPS) is 16.0. The van der Waals surface area contributed by atoms with Gasteiger partial charge >= 0.3 is 0 Å². The van der Waals surface area contributed by atoms with Crippen LogP contribution >= 0.6 is 11.6 Å². The van der Waals surface area contributed by atoms with Gasteiger partial charge in [-0.15, -0.1) is 8.80 Å². The molecule has 7 nitrogen and oxygen atoms in total. The molecule has 3 N–H and O–H groups in total. The Balaban J connectivity index is 1.52. The topological polar surface area (TPSA) is 96.0 Å². The first-order chi connectivity index (χ1) is 13.1. The minimum atomic E-state index is -1.58. The predicted molar refractivity (Wildman–Crippen MR) is 111 cm³/mol. The summed E-state index contributed by atoms with van der Waals surface area (Å²) in [5, 5.41) is 3.81. The van der Waals surface area contributed by atoms with Gasteiger partial charge in [0.05, 0.1) is 0 Å². The molecule has 0 spiro atoms. The van der Waals surface area contributed by atoms with Crippen molar-refractivity contribution in [2.75, 3.05) is 18.0 Å². The smallest absolute Gasteiger partial charge is 0.269 e. The summed E-state index contributed by atoms with van der Waals surface area (Å²) >= 11 is 4.39. The Hall–Kier alpha value is -2.45. The highest BCUT2D eigenvalue weighted by molar-refractivity contribution is 7.83. The van der Waals surface area contributed by atoms with Gasteiger partial charge < -0.3 is 16.0 Å². The largest absolute Gasteiger partial charge is 0.380 e. The van der Waals surface area contributed by atoms with Gasteiger partial charge in [0.1, 0.15) is 5.82 Å². The lowest BCUT2D eigenvalue weighted by Crippen LogP contribution is -2.35. The molecular formula is C18H21ClN6OS. The van der Waals surface area contributed by atoms with Gasteiger partial charge in [0.15, 0.2) is 11.7 Å². The first kappa shape index (κ1) is 19.3. The van der Waals surface area contributed by atoms with Crippen molar-refractivity contribution < 1.29 is 4.21 Å². The molecule has 1 aromatic heterocycles. The van der Waals surface area contributed by atoms with E-state index in [0.717, 1.165) is 36.8 Å². The van der Waals surface area contributed by atoms with Crippen LogP contribution in [-0.4, -0.2) is 34.0 Å². The number of unbranched alkanes of at least 4 members (excludes halogenated alkanes) is 1. The van der Waals surface area contributed by atoms with Gasteiger partial charge in [-0.3, -0.25) is 0 Å². The Morgan fingerprint density at radius 3 is 2.59 bits per heavy atom. The molecule has 9 heteroatoms. The summed E-state index contributed by atoms with van der Waals surface area (Å²) in [6.45, 7) is 2.29. The molecule has 142 valence electrons. The van der Waals surface area contributed by atoms with Crippen LogP contribution in [-0.2, 0) is 17.7 Å². The van der Waals surface area contributed by atoms with Crippen LogP contribution < -0.4 is 16.0 Å². The van der Waals surface area contributed by atoms with Crippen molar-refractivity contribution in [3.05, 3.63) is 59.2 Å². The van der Waals surface area contributed by atoms with E-state index in [1.54, 1.807) is 6.20 Å². The number of nitrogens with zero attached hydrogens (tertiary/aromatic N) is 4. The predicted octanol–water partition coefficient (Wildman–Crippen LogP) is 2.46. The molecule has 0 radical (unpaired) electrons. The molecule has 0 saturated carbocycles. The number of benzene rings is 1. The maximum atomic E-state index is 11.2. The Morgan fingerprint density at radius 2 is 1.93 bits per heavy atom. The fraction of sp³-hybridized carbons (Fsp3) is 0.278. The molecule has 1 aliphatic heterocycles. The number of hydrogen-bond donors (Lipinski definition) is 2. The standard InChI is InChI=1S/C18H21ClN6OS/c19-15-8-6-14(7-9-15)13-25(16-5-1-2-10-21-16)12-4-3-11-22-18-17(20)23-27(26)24-18/h1-2,5-10H,3-4,11-13H2,(H2,20,23)(H,22,24). The zero-order valence-corrected chi connectivity index (χ0v) is 16.3. The van der Waals surface area contributed by atoms with Crippen molar-refractivity contribution >= 4 is 40.3 Å². The summed E-state index contributed by atoms with van der Waals surface area (Å²) in [5.41, 5.74) is 6.82. The molecular weight excluding hydrogens is 384 g/mol. The summed E-state index contributed by atoms with van der Waals surface area (Å²) in [7, 11) is 0. The lowest BCUT2D eigenvalue weighted by Gasteiger charge is -2.24. The average Bonchev–Trinajstić information content (AvgIpc) is 3.00. The SMILES string of the molecule is NC1=NS(=O)N=C1NCCCCN(Cc1ccc(Cl)cc1)c1ccccn1. The van der Waals surface area contributed by atoms with Gasteiger partial charge in [-0.05, 0) is 42.7 Å². The van der Waals surface area contributed by atoms with E-state index in [9.17, 15) is 4.21 Å². The monoisotopic (exact) mass is 404 g/mol. The van der Waals surface area contributed by atoms with Gasteiger partial charge in [-0.1, -0.05) is 29.8 Å². The molecule has 0 aliphatic carbocycles. The van der Waals surface area contributed by atoms with E-state index in [-0.39, 0.29) is 5.84 Å². The number of anilines is 1. The van der Waals surface area contributed by atoms with Gasteiger partial charge in [-0.25, -0.2) is 9.19 Å². The van der Waals surface area contributed by atoms with Crippen molar-refractivity contribution in [1.82, 2.24) is 10.3 Å². The molecule has 1 aromatic carbocycles. The number of halogens is 1. The number of amidine groups is 2. The molecule has 0 bridgehead atoms. The van der Waals surface area contributed by atoms with E-state index in [2.05, 4.69) is 24.0 Å². The van der Waals surface area contributed by atoms with Crippen molar-refractivity contribution in [2.24, 2.45) is 14.5 Å². The molecule has 1 aliphatic rings. The molecule has 1 atom stereocenters. The van der Waals surface area contributed by atoms with Gasteiger partial charge in [-0.2, -0.15) is 0 Å². The van der Waals surface area contributed by atoms with E-state index in [1.165, 1.54) is 5.56 Å². The average molecular weight is 405 g/mol. The van der Waals surface area contributed by atoms with Crippen molar-refractivity contribution in [3.63, 3.8) is 0 Å². The number of rotatable bonds is 8. The van der Waals surface area contributed by atoms with E-state index >= 15 is 0 Å². The summed E-state index contributed by atoms with van der Waals surface area (Å²) < 4.78 is 18.7. The lowest BCUT2D eigenvalue weighted by atomic mass is 10.2. The zero-order chi connectivity index (χ0) is 19.1. The Morgan fingerprint density at radius 1 is 1.11 bits per heavy atom. The third-order valence-electron chi connectivity index (χ3n) is 4.00. The van der Waals surface area contributed by atoms with Crippen LogP contribution in [0.15, 0.2) is 57.5 Å². The summed E-state index contributed by atoms with van der Waals surface area (Å²) in [6.07, 6.45) is 3.65. The van der Waals surface area contributed by atoms with E-state index in [0.29, 0.717) is 12.4 Å². The van der Waals surface area contributed by atoms with Crippen molar-refractivity contribution in [1.29, 1.82) is 0 Å². The zero-order valence-electron chi connectivity index (χ0n) is 14.7. The van der Waals surface area contributed by atoms with Crippen LogP contribution in [0.1, 0.15) is 18.4 Å². The van der Waals surface area contributed by atoms with Crippen molar-refractivity contribution in [3.8, 4) is 0 Å². The van der Waals surface area contributed by atoms with Crippen LogP contribution in [0.2, 0.25) is 5.02 Å². The van der Waals surface area contributed by atoms with Gasteiger partial charge in [0, 0.05) is 30.9 Å². The number of pyridine rings is 1. The van der Waals surface area contributed by atoms with Crippen LogP contribution in [0.25, 0.3) is 0 Å². The lowest BCUT2D eigenvalue weighted by molar-refractivity contribution is 0.668. The molecule has 2 aromatic rings. The molecule has 3 rings (SSSR count). The number of aromatic nitrogens is 1. The highest BCUT2D eigenvalue weighted by Crippen LogP contribution is 2.17. The molecule has 1 unspecified atom stereocenters. The highest BCUT2D eigenvalue weighted by Gasteiger charge is 2.14. The molecule has 0 fully saturated rings. The fourth-order valence-corrected chi connectivity index (χ4v) is 3.39. The Kier molecular flexibility index (Phi) is 6.78. The summed E-state index contributed by atoms with van der Waals surface area (Å²) in [4.78, 5) is 6.71. The third-order valence-corrected chi connectivity index (χ3v) is 4.94. The molecule has 0 amide bonds. The first-order valence-electron chi connectivity index (χ1n) is 8.61. The van der Waals surface area contributed by atoms with E-state index < -0.39 is 11.2 Å². The van der Waals surface area contributed by atoms with Gasteiger partial charge in [0.25, 0.3) is 11.2 Å². The Labute approximate surface area is 166 Å². The van der Waals surface area contributed by atoms with Crippen LogP contribution in [0.5, 0.6) is 0 Å². The van der Waals surface area contributed by atoms with Crippen molar-refractivity contribution in [2.45, 2.75) is 19.4 Å². The number of nitrogens with one attached hydrogen (secondary N) is 1. The summed E-state index contributed by atoms with van der Waals surface area (Å²) in [6, 6.07) is 13.8. The molecule has 2 heterocycles. The van der Waals surface area contributed by atoms with E-state index in [1.807, 2.05) is 42.5 Å². The second-order valence-electron chi connectivity index (χ2n) is 6.02. The maximum Gasteiger partial charge on any atom is 0.269 e. The van der Waals surface area contributed by atoms with Gasteiger partial charge in [0.2, 0.25) is 0 Å². The third kappa shape index (κ3) is 5.77. The summed E-state index contributed by atoms with van der Waals surface area (Å²) in [5.74, 6) is 1.55. The van der Waals surface area contributed by atoms with E-state index in [4.69, 9.17) is 17.3 Å². The molecule has 0 saturated heterocycles. The second-order valence-corrected chi connectivity index (χ2v) is 7.28.